The summed E-state index contributed by atoms with van der Waals surface area (Å²) in [6.07, 6.45) is 0. The van der Waals surface area contributed by atoms with Crippen molar-refractivity contribution in [2.45, 2.75) is 0 Å². The second-order valence-corrected chi connectivity index (χ2v) is 12.2. The Hall–Kier alpha value is -7.42. The third-order valence-electron chi connectivity index (χ3n) is 8.92. The second-order valence-electron chi connectivity index (χ2n) is 12.2. The number of fused-ring (bicyclic) bond motifs is 3. The number of rotatable bonds is 8. The lowest BCUT2D eigenvalue weighted by Crippen LogP contribution is -2.10. The van der Waals surface area contributed by atoms with Gasteiger partial charge in [-0.15, -0.1) is 0 Å². The van der Waals surface area contributed by atoms with Crippen molar-refractivity contribution in [3.63, 3.8) is 0 Å². The summed E-state index contributed by atoms with van der Waals surface area (Å²) >= 11 is 0. The van der Waals surface area contributed by atoms with E-state index in [1.165, 1.54) is 6.07 Å². The fourth-order valence-corrected chi connectivity index (χ4v) is 6.46. The molecule has 0 aliphatic heterocycles. The standard InChI is InChI=1S/C54H38N2/c1-5-16-39(17-6-1)40-28-31-46(32-29-40)55(48-33-34-49(41-18-7-2-8-19-41)51(38-48)42-20-9-3-10-21-42)47-25-15-22-43(36-47)44-30-35-54-52(37-44)50-26-13-14-27-53(50)56(54)45-23-11-4-12-24-45/h1-38H/i1D,2D,3D,5D,6D,7D,8D,9D,10D,15D,16D,17D,18D,19D,20D,21D,22D,25D,28D,29D,31D,32D,33D,34D,36D,38D. The first-order chi connectivity index (χ1) is 38.6. The van der Waals surface area contributed by atoms with Crippen LogP contribution in [0.15, 0.2) is 230 Å². The van der Waals surface area contributed by atoms with E-state index in [9.17, 15) is 15.1 Å². The van der Waals surface area contributed by atoms with Crippen molar-refractivity contribution < 1.29 is 35.6 Å². The molecule has 0 amide bonds. The molecule has 56 heavy (non-hydrogen) atoms. The van der Waals surface area contributed by atoms with Gasteiger partial charge in [0.2, 0.25) is 0 Å². The van der Waals surface area contributed by atoms with E-state index in [0.717, 1.165) is 11.2 Å². The molecule has 0 fully saturated rings. The van der Waals surface area contributed by atoms with Crippen molar-refractivity contribution in [3.05, 3.63) is 230 Å². The Balaban J connectivity index is 1.41. The van der Waals surface area contributed by atoms with Crippen LogP contribution in [0.3, 0.4) is 0 Å². The lowest BCUT2D eigenvalue weighted by molar-refractivity contribution is 1.18. The van der Waals surface area contributed by atoms with Crippen molar-refractivity contribution in [1.82, 2.24) is 4.57 Å². The summed E-state index contributed by atoms with van der Waals surface area (Å²) in [5, 5.41) is 1.28. The molecule has 10 rings (SSSR count). The summed E-state index contributed by atoms with van der Waals surface area (Å²) in [6.45, 7) is 0. The van der Waals surface area contributed by atoms with E-state index >= 15 is 0 Å². The highest BCUT2D eigenvalue weighted by molar-refractivity contribution is 6.10. The highest BCUT2D eigenvalue weighted by Crippen LogP contribution is 2.43. The van der Waals surface area contributed by atoms with Gasteiger partial charge < -0.3 is 9.47 Å². The predicted molar refractivity (Wildman–Crippen MR) is 237 cm³/mol. The molecule has 2 heteroatoms. The molecule has 264 valence electrons. The summed E-state index contributed by atoms with van der Waals surface area (Å²) < 4.78 is 238. The third-order valence-corrected chi connectivity index (χ3v) is 8.92. The minimum atomic E-state index is -1.25. The smallest absolute Gasteiger partial charge is 0.0652 e. The number of hydrogen-bond donors (Lipinski definition) is 0. The summed E-state index contributed by atoms with van der Waals surface area (Å²) in [7, 11) is 0. The summed E-state index contributed by atoms with van der Waals surface area (Å²) in [5.41, 5.74) is -6.68. The van der Waals surface area contributed by atoms with Crippen LogP contribution in [0.4, 0.5) is 17.1 Å². The predicted octanol–water partition coefficient (Wildman–Crippen LogP) is 14.9. The summed E-state index contributed by atoms with van der Waals surface area (Å²) in [6, 6.07) is -5.21. The average molecular weight is 741 g/mol. The fourth-order valence-electron chi connectivity index (χ4n) is 6.46. The van der Waals surface area contributed by atoms with Crippen LogP contribution in [0.25, 0.3) is 72.0 Å². The van der Waals surface area contributed by atoms with Gasteiger partial charge in [-0.2, -0.15) is 0 Å². The van der Waals surface area contributed by atoms with Gasteiger partial charge in [0.1, 0.15) is 0 Å². The maximum absolute atomic E-state index is 10.2. The van der Waals surface area contributed by atoms with Crippen molar-refractivity contribution >= 4 is 38.9 Å². The van der Waals surface area contributed by atoms with Crippen LogP contribution in [-0.4, -0.2) is 4.57 Å². The molecule has 2 nitrogen and oxygen atoms in total. The molecule has 0 bridgehead atoms. The number of benzene rings is 9. The van der Waals surface area contributed by atoms with Gasteiger partial charge in [-0.3, -0.25) is 0 Å². The van der Waals surface area contributed by atoms with E-state index in [0.29, 0.717) is 21.2 Å². The highest BCUT2D eigenvalue weighted by atomic mass is 15.1. The first kappa shape index (κ1) is 15.7. The summed E-state index contributed by atoms with van der Waals surface area (Å²) in [5.74, 6) is 0. The molecule has 0 spiro atoms. The van der Waals surface area contributed by atoms with E-state index in [-0.39, 0.29) is 5.56 Å². The SMILES string of the molecule is [2H]c1c([2H])c([2H])c(-c2c([2H])c([2H])c(N(c3c([2H])c([2H])c([2H])c(-c4ccc5c(c4)c4ccccc4n5-c4ccccc4)c3[2H])c3c([2H])c([2H])c(-c4c([2H])c([2H])c([2H])c([2H])c4[2H])c(-c4c([2H])c([2H])c([2H])c([2H])c4[2H])c3[2H])c([2H])c2[2H])c([2H])c1[2H]. The molecule has 0 saturated heterocycles. The quantitative estimate of drug-likeness (QED) is 0.151. The number of hydrogen-bond acceptors (Lipinski definition) is 1. The van der Waals surface area contributed by atoms with Crippen molar-refractivity contribution in [1.29, 1.82) is 0 Å². The fraction of sp³-hybridized carbons (Fsp3) is 0. The van der Waals surface area contributed by atoms with Gasteiger partial charge in [-0.25, -0.2) is 0 Å². The van der Waals surface area contributed by atoms with Crippen molar-refractivity contribution in [2.75, 3.05) is 4.90 Å². The van der Waals surface area contributed by atoms with Crippen molar-refractivity contribution in [2.24, 2.45) is 0 Å². The van der Waals surface area contributed by atoms with Crippen molar-refractivity contribution in [3.8, 4) is 50.2 Å². The molecule has 0 aliphatic carbocycles. The van der Waals surface area contributed by atoms with Crippen LogP contribution in [0.2, 0.25) is 0 Å². The van der Waals surface area contributed by atoms with Crippen LogP contribution in [-0.2, 0) is 0 Å². The zero-order valence-corrected chi connectivity index (χ0v) is 28.8. The van der Waals surface area contributed by atoms with E-state index < -0.39 is 213 Å². The number of anilines is 3. The van der Waals surface area contributed by atoms with Gasteiger partial charge >= 0.3 is 0 Å². The maximum atomic E-state index is 10.2. The molecule has 0 aliphatic rings. The topological polar surface area (TPSA) is 8.17 Å². The molecule has 0 saturated carbocycles. The van der Waals surface area contributed by atoms with Crippen LogP contribution in [0, 0.1) is 0 Å². The highest BCUT2D eigenvalue weighted by Gasteiger charge is 2.18. The lowest BCUT2D eigenvalue weighted by Gasteiger charge is -2.27. The van der Waals surface area contributed by atoms with E-state index in [1.54, 1.807) is 18.2 Å². The van der Waals surface area contributed by atoms with Gasteiger partial charge in [0.25, 0.3) is 0 Å². The first-order valence-corrected chi connectivity index (χ1v) is 17.1. The first-order valence-electron chi connectivity index (χ1n) is 30.1. The number of para-hydroxylation sites is 2. The molecule has 0 unspecified atom stereocenters. The molecular weight excluding hydrogens is 677 g/mol. The molecule has 0 atom stereocenters. The minimum Gasteiger partial charge on any atom is -0.310 e. The normalized spacial score (nSPS) is 17.7. The zero-order chi connectivity index (χ0) is 59.9. The van der Waals surface area contributed by atoms with Gasteiger partial charge in [-0.1, -0.05) is 163 Å². The lowest BCUT2D eigenvalue weighted by atomic mass is 9.93. The maximum Gasteiger partial charge on any atom is 0.0652 e. The molecule has 9 aromatic carbocycles. The molecular formula is C54H38N2. The number of nitrogens with zero attached hydrogens (tertiary/aromatic N) is 2. The Bertz CT molecular complexity index is 4360. The molecule has 1 heterocycles. The minimum absolute atomic E-state index is 0.0685. The zero-order valence-electron chi connectivity index (χ0n) is 54.8. The van der Waals surface area contributed by atoms with E-state index in [4.69, 9.17) is 20.6 Å². The monoisotopic (exact) mass is 740 g/mol. The summed E-state index contributed by atoms with van der Waals surface area (Å²) in [4.78, 5) is 0.463. The van der Waals surface area contributed by atoms with Gasteiger partial charge in [0.05, 0.1) is 46.7 Å². The van der Waals surface area contributed by atoms with Gasteiger partial charge in [0.15, 0.2) is 0 Å². The molecule has 0 N–H and O–H groups in total. The Labute approximate surface area is 364 Å². The molecule has 0 radical (unpaired) electrons. The van der Waals surface area contributed by atoms with Gasteiger partial charge in [-0.05, 0) is 111 Å². The molecule has 10 aromatic rings. The van der Waals surface area contributed by atoms with Crippen LogP contribution in [0.5, 0.6) is 0 Å². The van der Waals surface area contributed by atoms with E-state index in [1.807, 2.05) is 53.1 Å². The third kappa shape index (κ3) is 6.14. The van der Waals surface area contributed by atoms with Crippen LogP contribution in [0.1, 0.15) is 35.6 Å². The number of aromatic nitrogens is 1. The largest absolute Gasteiger partial charge is 0.310 e. The van der Waals surface area contributed by atoms with Crippen LogP contribution < -0.4 is 4.90 Å². The van der Waals surface area contributed by atoms with E-state index in [2.05, 4.69) is 0 Å². The van der Waals surface area contributed by atoms with Crippen LogP contribution >= 0.6 is 0 Å². The second kappa shape index (κ2) is 14.4. The average Bonchev–Trinajstić information content (AvgIpc) is 1.85. The Morgan fingerprint density at radius 1 is 0.357 bits per heavy atom. The Kier molecular flexibility index (Phi) is 4.06. The molecule has 1 aromatic heterocycles. The Morgan fingerprint density at radius 3 is 1.66 bits per heavy atom. The Morgan fingerprint density at radius 2 is 0.929 bits per heavy atom. The van der Waals surface area contributed by atoms with Gasteiger partial charge in [0, 0.05) is 33.5 Å².